The molecule has 4 rings (SSSR count). The first-order valence-electron chi connectivity index (χ1n) is 9.12. The van der Waals surface area contributed by atoms with Crippen molar-refractivity contribution < 1.29 is 14.4 Å². The van der Waals surface area contributed by atoms with E-state index in [9.17, 15) is 14.4 Å². The molecule has 1 heterocycles. The molecule has 2 unspecified atom stereocenters. The Morgan fingerprint density at radius 3 is 2.73 bits per heavy atom. The first kappa shape index (κ1) is 17.5. The second kappa shape index (κ2) is 6.37. The number of hydrazine groups is 1. The van der Waals surface area contributed by atoms with Crippen molar-refractivity contribution in [3.63, 3.8) is 0 Å². The first-order valence-corrected chi connectivity index (χ1v) is 9.91. The lowest BCUT2D eigenvalue weighted by atomic mass is 9.77. The molecule has 2 atom stereocenters. The van der Waals surface area contributed by atoms with Crippen LogP contribution in [0.15, 0.2) is 28.7 Å². The van der Waals surface area contributed by atoms with Gasteiger partial charge in [0.05, 0.1) is 0 Å². The summed E-state index contributed by atoms with van der Waals surface area (Å²) in [6, 6.07) is 7.37. The third-order valence-electron chi connectivity index (χ3n) is 5.92. The van der Waals surface area contributed by atoms with Crippen LogP contribution in [0.4, 0.5) is 4.79 Å². The van der Waals surface area contributed by atoms with Gasteiger partial charge >= 0.3 is 6.03 Å². The predicted molar refractivity (Wildman–Crippen MR) is 98.9 cm³/mol. The molecule has 7 heteroatoms. The molecule has 0 radical (unpaired) electrons. The minimum absolute atomic E-state index is 0.137. The fourth-order valence-corrected chi connectivity index (χ4v) is 4.52. The molecule has 26 heavy (non-hydrogen) atoms. The average Bonchev–Trinajstić information content (AvgIpc) is 3.38. The van der Waals surface area contributed by atoms with Crippen LogP contribution in [0, 0.1) is 11.8 Å². The smallest absolute Gasteiger partial charge is 0.322 e. The SMILES string of the molecule is CC1CCC2(CC1)NC(=O)N(NC(=O)C1CC1c1cccc(Br)c1)C2=O. The molecule has 1 aromatic carbocycles. The normalized spacial score (nSPS) is 33.3. The Bertz CT molecular complexity index is 773. The van der Waals surface area contributed by atoms with Gasteiger partial charge in [0.15, 0.2) is 0 Å². The summed E-state index contributed by atoms with van der Waals surface area (Å²) < 4.78 is 0.976. The van der Waals surface area contributed by atoms with Gasteiger partial charge in [-0.1, -0.05) is 35.0 Å². The molecule has 2 saturated carbocycles. The molecular formula is C19H22BrN3O3. The Kier molecular flexibility index (Phi) is 4.29. The minimum Gasteiger partial charge on any atom is -0.322 e. The Hall–Kier alpha value is -1.89. The van der Waals surface area contributed by atoms with Gasteiger partial charge in [-0.05, 0) is 61.6 Å². The molecule has 1 aromatic rings. The molecular weight excluding hydrogens is 398 g/mol. The van der Waals surface area contributed by atoms with Crippen molar-refractivity contribution >= 4 is 33.8 Å². The minimum atomic E-state index is -0.829. The third kappa shape index (κ3) is 3.02. The van der Waals surface area contributed by atoms with Crippen LogP contribution in [-0.4, -0.2) is 28.4 Å². The van der Waals surface area contributed by atoms with E-state index in [-0.39, 0.29) is 23.7 Å². The van der Waals surface area contributed by atoms with Crippen molar-refractivity contribution in [2.45, 2.75) is 50.5 Å². The molecule has 1 spiro atoms. The van der Waals surface area contributed by atoms with Crippen LogP contribution in [0.3, 0.4) is 0 Å². The largest absolute Gasteiger partial charge is 0.344 e. The zero-order valence-electron chi connectivity index (χ0n) is 14.6. The molecule has 138 valence electrons. The third-order valence-corrected chi connectivity index (χ3v) is 6.41. The maximum absolute atomic E-state index is 12.8. The summed E-state index contributed by atoms with van der Waals surface area (Å²) in [5.41, 5.74) is 2.82. The van der Waals surface area contributed by atoms with Crippen LogP contribution < -0.4 is 10.7 Å². The van der Waals surface area contributed by atoms with Crippen molar-refractivity contribution in [1.29, 1.82) is 0 Å². The van der Waals surface area contributed by atoms with Gasteiger partial charge in [-0.3, -0.25) is 15.0 Å². The molecule has 0 aromatic heterocycles. The molecule has 1 aliphatic heterocycles. The number of amides is 4. The Balaban J connectivity index is 1.41. The summed E-state index contributed by atoms with van der Waals surface area (Å²) in [6.45, 7) is 2.16. The van der Waals surface area contributed by atoms with Crippen LogP contribution in [0.2, 0.25) is 0 Å². The summed E-state index contributed by atoms with van der Waals surface area (Å²) in [5, 5.41) is 3.72. The Labute approximate surface area is 160 Å². The van der Waals surface area contributed by atoms with Gasteiger partial charge in [-0.25, -0.2) is 4.79 Å². The van der Waals surface area contributed by atoms with Gasteiger partial charge in [0.2, 0.25) is 5.91 Å². The van der Waals surface area contributed by atoms with Gasteiger partial charge in [0.1, 0.15) is 5.54 Å². The number of urea groups is 1. The quantitative estimate of drug-likeness (QED) is 0.738. The highest BCUT2D eigenvalue weighted by atomic mass is 79.9. The van der Waals surface area contributed by atoms with Crippen LogP contribution in [0.25, 0.3) is 0 Å². The fourth-order valence-electron chi connectivity index (χ4n) is 4.10. The molecule has 3 fully saturated rings. The molecule has 1 saturated heterocycles. The molecule has 6 nitrogen and oxygen atoms in total. The lowest BCUT2D eigenvalue weighted by Crippen LogP contribution is -2.51. The van der Waals surface area contributed by atoms with Crippen molar-refractivity contribution in [1.82, 2.24) is 15.8 Å². The number of hydrogen-bond donors (Lipinski definition) is 2. The number of rotatable bonds is 3. The van der Waals surface area contributed by atoms with Gasteiger partial charge in [-0.15, -0.1) is 0 Å². The molecule has 2 N–H and O–H groups in total. The number of halogens is 1. The van der Waals surface area contributed by atoms with Gasteiger partial charge < -0.3 is 5.32 Å². The highest BCUT2D eigenvalue weighted by Crippen LogP contribution is 2.48. The van der Waals surface area contributed by atoms with E-state index < -0.39 is 11.6 Å². The number of benzene rings is 1. The number of carbonyl (C=O) groups excluding carboxylic acids is 3. The Morgan fingerprint density at radius 2 is 2.04 bits per heavy atom. The topological polar surface area (TPSA) is 78.5 Å². The van der Waals surface area contributed by atoms with Gasteiger partial charge in [0, 0.05) is 10.4 Å². The van der Waals surface area contributed by atoms with Crippen LogP contribution in [0.5, 0.6) is 0 Å². The van der Waals surface area contributed by atoms with Crippen molar-refractivity contribution in [2.24, 2.45) is 11.8 Å². The molecule has 4 amide bonds. The molecule has 0 bridgehead atoms. The predicted octanol–water partition coefficient (Wildman–Crippen LogP) is 3.08. The van der Waals surface area contributed by atoms with Crippen molar-refractivity contribution in [2.75, 3.05) is 0 Å². The van der Waals surface area contributed by atoms with Gasteiger partial charge in [-0.2, -0.15) is 5.01 Å². The standard InChI is InChI=1S/C19H22BrN3O3/c1-11-5-7-19(8-6-11)17(25)23(18(26)21-19)22-16(24)15-10-14(15)12-3-2-4-13(20)9-12/h2-4,9,11,14-15H,5-8,10H2,1H3,(H,21,26)(H,22,24). The summed E-state index contributed by atoms with van der Waals surface area (Å²) in [5.74, 6) is -0.0842. The van der Waals surface area contributed by atoms with Crippen LogP contribution >= 0.6 is 15.9 Å². The van der Waals surface area contributed by atoms with Crippen LogP contribution in [0.1, 0.15) is 50.5 Å². The number of imide groups is 1. The maximum atomic E-state index is 12.8. The fraction of sp³-hybridized carbons (Fsp3) is 0.526. The zero-order valence-corrected chi connectivity index (χ0v) is 16.2. The second-order valence-electron chi connectivity index (χ2n) is 7.82. The Morgan fingerprint density at radius 1 is 1.31 bits per heavy atom. The number of nitrogens with one attached hydrogen (secondary N) is 2. The molecule has 3 aliphatic rings. The van der Waals surface area contributed by atoms with E-state index in [1.165, 1.54) is 0 Å². The van der Waals surface area contributed by atoms with E-state index in [0.717, 1.165) is 34.3 Å². The lowest BCUT2D eigenvalue weighted by Gasteiger charge is -2.33. The summed E-state index contributed by atoms with van der Waals surface area (Å²) in [6.07, 6.45) is 3.81. The number of carbonyl (C=O) groups is 3. The van der Waals surface area contributed by atoms with Crippen LogP contribution in [-0.2, 0) is 9.59 Å². The highest BCUT2D eigenvalue weighted by Gasteiger charge is 2.54. The van der Waals surface area contributed by atoms with E-state index in [1.54, 1.807) is 0 Å². The zero-order chi connectivity index (χ0) is 18.5. The van der Waals surface area contributed by atoms with E-state index in [4.69, 9.17) is 0 Å². The van der Waals surface area contributed by atoms with E-state index in [0.29, 0.717) is 18.8 Å². The van der Waals surface area contributed by atoms with Crippen molar-refractivity contribution in [3.05, 3.63) is 34.3 Å². The van der Waals surface area contributed by atoms with E-state index in [1.807, 2.05) is 24.3 Å². The lowest BCUT2D eigenvalue weighted by molar-refractivity contribution is -0.140. The van der Waals surface area contributed by atoms with E-state index in [2.05, 4.69) is 33.6 Å². The monoisotopic (exact) mass is 419 g/mol. The summed E-state index contributed by atoms with van der Waals surface area (Å²) in [7, 11) is 0. The van der Waals surface area contributed by atoms with Gasteiger partial charge in [0.25, 0.3) is 5.91 Å². The highest BCUT2D eigenvalue weighted by molar-refractivity contribution is 9.10. The first-order chi connectivity index (χ1) is 12.4. The maximum Gasteiger partial charge on any atom is 0.344 e. The summed E-state index contributed by atoms with van der Waals surface area (Å²) in [4.78, 5) is 37.6. The number of hydrogen-bond acceptors (Lipinski definition) is 3. The number of nitrogens with zero attached hydrogens (tertiary/aromatic N) is 1. The van der Waals surface area contributed by atoms with E-state index >= 15 is 0 Å². The summed E-state index contributed by atoms with van der Waals surface area (Å²) >= 11 is 3.44. The van der Waals surface area contributed by atoms with Crippen molar-refractivity contribution in [3.8, 4) is 0 Å². The average molecular weight is 420 g/mol. The molecule has 2 aliphatic carbocycles. The second-order valence-corrected chi connectivity index (χ2v) is 8.73.